The molecule has 2 aromatic rings. The zero-order valence-electron chi connectivity index (χ0n) is 8.42. The fraction of sp³-hybridized carbons (Fsp3) is 0.182. The van der Waals surface area contributed by atoms with E-state index in [9.17, 15) is 4.79 Å². The van der Waals surface area contributed by atoms with Crippen LogP contribution < -0.4 is 0 Å². The molecule has 0 unspecified atom stereocenters. The lowest BCUT2D eigenvalue weighted by atomic mass is 10.1. The van der Waals surface area contributed by atoms with E-state index >= 15 is 0 Å². The standard InChI is InChI=1S/C11H11N3O/c1-9(15)11-4-2-3-10(5-11)6-14-8-12-7-13-14/h2-5,7-8H,6H2,1H3. The minimum absolute atomic E-state index is 0.0791. The van der Waals surface area contributed by atoms with Crippen LogP contribution in [0.4, 0.5) is 0 Å². The number of nitrogens with zero attached hydrogens (tertiary/aromatic N) is 3. The largest absolute Gasteiger partial charge is 0.295 e. The highest BCUT2D eigenvalue weighted by molar-refractivity contribution is 5.94. The third-order valence-electron chi connectivity index (χ3n) is 2.14. The summed E-state index contributed by atoms with van der Waals surface area (Å²) >= 11 is 0. The first-order valence-corrected chi connectivity index (χ1v) is 4.68. The number of ketones is 1. The molecule has 4 heteroatoms. The summed E-state index contributed by atoms with van der Waals surface area (Å²) in [4.78, 5) is 15.0. The van der Waals surface area contributed by atoms with Gasteiger partial charge < -0.3 is 0 Å². The first-order valence-electron chi connectivity index (χ1n) is 4.68. The lowest BCUT2D eigenvalue weighted by molar-refractivity contribution is 0.101. The summed E-state index contributed by atoms with van der Waals surface area (Å²) < 4.78 is 1.72. The second-order valence-electron chi connectivity index (χ2n) is 3.35. The van der Waals surface area contributed by atoms with Gasteiger partial charge in [-0.3, -0.25) is 4.79 Å². The Bertz CT molecular complexity index is 462. The van der Waals surface area contributed by atoms with Gasteiger partial charge in [-0.1, -0.05) is 18.2 Å². The van der Waals surface area contributed by atoms with Crippen LogP contribution in [-0.2, 0) is 6.54 Å². The average molecular weight is 201 g/mol. The van der Waals surface area contributed by atoms with E-state index in [2.05, 4.69) is 10.1 Å². The molecule has 1 aromatic heterocycles. The van der Waals surface area contributed by atoms with E-state index in [-0.39, 0.29) is 5.78 Å². The number of hydrogen-bond acceptors (Lipinski definition) is 3. The van der Waals surface area contributed by atoms with Crippen LogP contribution in [0.1, 0.15) is 22.8 Å². The van der Waals surface area contributed by atoms with Crippen LogP contribution in [0.2, 0.25) is 0 Å². The van der Waals surface area contributed by atoms with Crippen molar-refractivity contribution in [3.63, 3.8) is 0 Å². The van der Waals surface area contributed by atoms with Crippen molar-refractivity contribution in [2.24, 2.45) is 0 Å². The number of Topliss-reactive ketones (excluding diaryl/α,β-unsaturated/α-hetero) is 1. The fourth-order valence-electron chi connectivity index (χ4n) is 1.39. The molecule has 2 rings (SSSR count). The molecule has 0 spiro atoms. The molecular weight excluding hydrogens is 190 g/mol. The molecule has 0 amide bonds. The Morgan fingerprint density at radius 3 is 3.00 bits per heavy atom. The van der Waals surface area contributed by atoms with Gasteiger partial charge in [0, 0.05) is 5.56 Å². The molecule has 76 valence electrons. The van der Waals surface area contributed by atoms with Crippen molar-refractivity contribution in [3.05, 3.63) is 48.0 Å². The third-order valence-corrected chi connectivity index (χ3v) is 2.14. The van der Waals surface area contributed by atoms with E-state index in [1.54, 1.807) is 17.9 Å². The zero-order chi connectivity index (χ0) is 10.7. The van der Waals surface area contributed by atoms with Gasteiger partial charge in [-0.05, 0) is 18.6 Å². The second kappa shape index (κ2) is 4.04. The maximum Gasteiger partial charge on any atom is 0.159 e. The number of aromatic nitrogens is 3. The summed E-state index contributed by atoms with van der Waals surface area (Å²) in [5, 5.41) is 4.01. The van der Waals surface area contributed by atoms with Crippen LogP contribution in [0.5, 0.6) is 0 Å². The van der Waals surface area contributed by atoms with E-state index in [0.717, 1.165) is 11.1 Å². The lowest BCUT2D eigenvalue weighted by Crippen LogP contribution is -2.01. The SMILES string of the molecule is CC(=O)c1cccc(Cn2cncn2)c1. The van der Waals surface area contributed by atoms with Crippen LogP contribution in [0, 0.1) is 0 Å². The van der Waals surface area contributed by atoms with Crippen molar-refractivity contribution >= 4 is 5.78 Å². The molecular formula is C11H11N3O. The molecule has 0 aliphatic rings. The first kappa shape index (κ1) is 9.58. The number of carbonyl (C=O) groups is 1. The number of benzene rings is 1. The molecule has 1 aromatic carbocycles. The van der Waals surface area contributed by atoms with Crippen LogP contribution in [0.25, 0.3) is 0 Å². The Kier molecular flexibility index (Phi) is 2.58. The second-order valence-corrected chi connectivity index (χ2v) is 3.35. The number of hydrogen-bond donors (Lipinski definition) is 0. The van der Waals surface area contributed by atoms with Crippen molar-refractivity contribution < 1.29 is 4.79 Å². The summed E-state index contributed by atoms with van der Waals surface area (Å²) in [6.45, 7) is 2.20. The monoisotopic (exact) mass is 201 g/mol. The fourth-order valence-corrected chi connectivity index (χ4v) is 1.39. The highest BCUT2D eigenvalue weighted by Crippen LogP contribution is 2.07. The quantitative estimate of drug-likeness (QED) is 0.707. The van der Waals surface area contributed by atoms with Crippen molar-refractivity contribution in [3.8, 4) is 0 Å². The number of rotatable bonds is 3. The van der Waals surface area contributed by atoms with Crippen molar-refractivity contribution in [1.82, 2.24) is 14.8 Å². The van der Waals surface area contributed by atoms with E-state index in [1.807, 2.05) is 24.3 Å². The van der Waals surface area contributed by atoms with Crippen molar-refractivity contribution in [2.75, 3.05) is 0 Å². The highest BCUT2D eigenvalue weighted by atomic mass is 16.1. The predicted molar refractivity (Wildman–Crippen MR) is 55.6 cm³/mol. The minimum Gasteiger partial charge on any atom is -0.295 e. The summed E-state index contributed by atoms with van der Waals surface area (Å²) in [6.07, 6.45) is 3.15. The van der Waals surface area contributed by atoms with Crippen LogP contribution in [-0.4, -0.2) is 20.5 Å². The molecule has 0 radical (unpaired) electrons. The Morgan fingerprint density at radius 1 is 1.47 bits per heavy atom. The van der Waals surface area contributed by atoms with Gasteiger partial charge >= 0.3 is 0 Å². The molecule has 0 fully saturated rings. The number of carbonyl (C=O) groups excluding carboxylic acids is 1. The van der Waals surface area contributed by atoms with Crippen LogP contribution >= 0.6 is 0 Å². The lowest BCUT2D eigenvalue weighted by Gasteiger charge is -2.02. The molecule has 0 aliphatic heterocycles. The third kappa shape index (κ3) is 2.28. The molecule has 0 saturated heterocycles. The minimum atomic E-state index is 0.0791. The van der Waals surface area contributed by atoms with Crippen LogP contribution in [0.3, 0.4) is 0 Å². The van der Waals surface area contributed by atoms with E-state index in [1.165, 1.54) is 6.33 Å². The molecule has 0 N–H and O–H groups in total. The normalized spacial score (nSPS) is 10.2. The Labute approximate surface area is 87.6 Å². The summed E-state index contributed by atoms with van der Waals surface area (Å²) in [6, 6.07) is 7.54. The topological polar surface area (TPSA) is 47.8 Å². The summed E-state index contributed by atoms with van der Waals surface area (Å²) in [7, 11) is 0. The van der Waals surface area contributed by atoms with Crippen molar-refractivity contribution in [2.45, 2.75) is 13.5 Å². The van der Waals surface area contributed by atoms with Gasteiger partial charge in [0.25, 0.3) is 0 Å². The maximum atomic E-state index is 11.2. The summed E-state index contributed by atoms with van der Waals surface area (Å²) in [5.74, 6) is 0.0791. The Hall–Kier alpha value is -1.97. The van der Waals surface area contributed by atoms with Gasteiger partial charge in [0.15, 0.2) is 5.78 Å². The molecule has 15 heavy (non-hydrogen) atoms. The predicted octanol–water partition coefficient (Wildman–Crippen LogP) is 1.53. The van der Waals surface area contributed by atoms with Gasteiger partial charge in [-0.25, -0.2) is 9.67 Å². The highest BCUT2D eigenvalue weighted by Gasteiger charge is 2.01. The zero-order valence-corrected chi connectivity index (χ0v) is 8.42. The van der Waals surface area contributed by atoms with E-state index < -0.39 is 0 Å². The molecule has 0 atom stereocenters. The average Bonchev–Trinajstić information content (AvgIpc) is 2.71. The summed E-state index contributed by atoms with van der Waals surface area (Å²) in [5.41, 5.74) is 1.78. The molecule has 0 aliphatic carbocycles. The molecule has 0 saturated carbocycles. The van der Waals surface area contributed by atoms with Crippen molar-refractivity contribution in [1.29, 1.82) is 0 Å². The van der Waals surface area contributed by atoms with Gasteiger partial charge in [0.2, 0.25) is 0 Å². The molecule has 4 nitrogen and oxygen atoms in total. The van der Waals surface area contributed by atoms with Gasteiger partial charge in [-0.2, -0.15) is 5.10 Å². The molecule has 0 bridgehead atoms. The smallest absolute Gasteiger partial charge is 0.159 e. The maximum absolute atomic E-state index is 11.2. The van der Waals surface area contributed by atoms with Gasteiger partial charge in [-0.15, -0.1) is 0 Å². The Balaban J connectivity index is 2.22. The van der Waals surface area contributed by atoms with E-state index in [4.69, 9.17) is 0 Å². The first-order chi connectivity index (χ1) is 7.25. The van der Waals surface area contributed by atoms with Gasteiger partial charge in [0.1, 0.15) is 12.7 Å². The van der Waals surface area contributed by atoms with Crippen LogP contribution in [0.15, 0.2) is 36.9 Å². The van der Waals surface area contributed by atoms with E-state index in [0.29, 0.717) is 6.54 Å². The Morgan fingerprint density at radius 2 is 2.33 bits per heavy atom. The molecule has 1 heterocycles. The van der Waals surface area contributed by atoms with Gasteiger partial charge in [0.05, 0.1) is 6.54 Å².